The Kier molecular flexibility index (Phi) is 2.09. The van der Waals surface area contributed by atoms with Gasteiger partial charge in [-0.1, -0.05) is 22.4 Å². The summed E-state index contributed by atoms with van der Waals surface area (Å²) in [6.45, 7) is 0. The fourth-order valence-corrected chi connectivity index (χ4v) is 3.21. The van der Waals surface area contributed by atoms with Crippen LogP contribution in [-0.2, 0) is 0 Å². The molecular weight excluding hydrogens is 252 g/mol. The van der Waals surface area contributed by atoms with Crippen LogP contribution >= 0.6 is 15.9 Å². The number of amidine groups is 1. The molecule has 78 valence electrons. The van der Waals surface area contributed by atoms with Crippen molar-refractivity contribution < 1.29 is 0 Å². The van der Waals surface area contributed by atoms with Crippen LogP contribution in [0.1, 0.15) is 30.7 Å². The topological polar surface area (TPSA) is 38.4 Å². The summed E-state index contributed by atoms with van der Waals surface area (Å²) in [5.41, 5.74) is 8.46. The fraction of sp³-hybridized carbons (Fsp3) is 0.417. The van der Waals surface area contributed by atoms with E-state index in [1.54, 1.807) is 0 Å². The second-order valence-corrected chi connectivity index (χ2v) is 5.30. The minimum atomic E-state index is 0.492. The van der Waals surface area contributed by atoms with Crippen LogP contribution in [0.3, 0.4) is 0 Å². The van der Waals surface area contributed by atoms with Crippen LogP contribution in [0.4, 0.5) is 5.69 Å². The highest BCUT2D eigenvalue weighted by Gasteiger charge is 2.35. The molecule has 1 aromatic rings. The Morgan fingerprint density at radius 1 is 1.27 bits per heavy atom. The molecule has 1 heterocycles. The molecule has 0 bridgehead atoms. The highest BCUT2D eigenvalue weighted by Crippen LogP contribution is 2.47. The first kappa shape index (κ1) is 9.40. The van der Waals surface area contributed by atoms with Gasteiger partial charge in [0.25, 0.3) is 0 Å². The molecule has 2 nitrogen and oxygen atoms in total. The number of rotatable bonds is 0. The van der Waals surface area contributed by atoms with E-state index in [1.165, 1.54) is 24.8 Å². The highest BCUT2D eigenvalue weighted by molar-refractivity contribution is 9.10. The van der Waals surface area contributed by atoms with E-state index in [0.29, 0.717) is 11.8 Å². The molecule has 0 spiro atoms. The van der Waals surface area contributed by atoms with Gasteiger partial charge >= 0.3 is 0 Å². The molecule has 1 aliphatic carbocycles. The second-order valence-electron chi connectivity index (χ2n) is 4.38. The van der Waals surface area contributed by atoms with Crippen molar-refractivity contribution in [2.24, 2.45) is 16.6 Å². The third-order valence-corrected chi connectivity index (χ3v) is 4.03. The largest absolute Gasteiger partial charge is 0.387 e. The van der Waals surface area contributed by atoms with Crippen molar-refractivity contribution in [1.82, 2.24) is 0 Å². The molecule has 0 aromatic heterocycles. The van der Waals surface area contributed by atoms with E-state index in [9.17, 15) is 0 Å². The Labute approximate surface area is 97.7 Å². The normalized spacial score (nSPS) is 28.2. The van der Waals surface area contributed by atoms with Gasteiger partial charge in [0, 0.05) is 10.4 Å². The van der Waals surface area contributed by atoms with E-state index >= 15 is 0 Å². The van der Waals surface area contributed by atoms with Crippen LogP contribution in [-0.4, -0.2) is 5.84 Å². The zero-order valence-corrected chi connectivity index (χ0v) is 10.00. The first-order chi connectivity index (χ1) is 7.25. The third kappa shape index (κ3) is 1.41. The predicted molar refractivity (Wildman–Crippen MR) is 65.5 cm³/mol. The minimum absolute atomic E-state index is 0.492. The molecular formula is C12H13BrN2. The lowest BCUT2D eigenvalue weighted by molar-refractivity contribution is 0.610. The lowest BCUT2D eigenvalue weighted by Crippen LogP contribution is -2.28. The Hall–Kier alpha value is -0.830. The first-order valence-electron chi connectivity index (χ1n) is 5.39. The number of fused-ring (bicyclic) bond motifs is 3. The van der Waals surface area contributed by atoms with Crippen molar-refractivity contribution in [3.63, 3.8) is 0 Å². The van der Waals surface area contributed by atoms with Crippen molar-refractivity contribution in [3.8, 4) is 0 Å². The number of hydrogen-bond acceptors (Lipinski definition) is 2. The van der Waals surface area contributed by atoms with Crippen molar-refractivity contribution in [1.29, 1.82) is 0 Å². The average molecular weight is 265 g/mol. The van der Waals surface area contributed by atoms with Crippen LogP contribution in [0, 0.1) is 5.92 Å². The van der Waals surface area contributed by atoms with E-state index in [1.807, 2.05) is 6.07 Å². The van der Waals surface area contributed by atoms with Gasteiger partial charge in [-0.3, -0.25) is 0 Å². The number of nitrogens with two attached hydrogens (primary N) is 1. The SMILES string of the molecule is NC1=Nc2ccc(Br)cc2C2CCCC12. The quantitative estimate of drug-likeness (QED) is 0.767. The van der Waals surface area contributed by atoms with Gasteiger partial charge in [0.2, 0.25) is 0 Å². The van der Waals surface area contributed by atoms with E-state index in [0.717, 1.165) is 16.0 Å². The van der Waals surface area contributed by atoms with E-state index in [4.69, 9.17) is 5.73 Å². The average Bonchev–Trinajstić information content (AvgIpc) is 2.69. The Bertz CT molecular complexity index is 439. The van der Waals surface area contributed by atoms with Crippen LogP contribution < -0.4 is 5.73 Å². The fourth-order valence-electron chi connectivity index (χ4n) is 2.83. The maximum atomic E-state index is 6.01. The molecule has 3 heteroatoms. The Morgan fingerprint density at radius 2 is 2.07 bits per heavy atom. The van der Waals surface area contributed by atoms with Gasteiger partial charge in [-0.2, -0.15) is 0 Å². The summed E-state index contributed by atoms with van der Waals surface area (Å²) >= 11 is 3.52. The van der Waals surface area contributed by atoms with Gasteiger partial charge in [-0.05, 0) is 42.5 Å². The zero-order chi connectivity index (χ0) is 10.4. The molecule has 1 aromatic carbocycles. The van der Waals surface area contributed by atoms with Gasteiger partial charge in [0.15, 0.2) is 0 Å². The van der Waals surface area contributed by atoms with Crippen molar-refractivity contribution >= 4 is 27.5 Å². The standard InChI is InChI=1S/C12H13BrN2/c13-7-4-5-11-10(6-7)8-2-1-3-9(8)12(14)15-11/h4-6,8-9H,1-3H2,(H2,14,15). The van der Waals surface area contributed by atoms with E-state index in [2.05, 4.69) is 33.1 Å². The monoisotopic (exact) mass is 264 g/mol. The molecule has 2 aliphatic rings. The van der Waals surface area contributed by atoms with Gasteiger partial charge in [-0.15, -0.1) is 0 Å². The van der Waals surface area contributed by atoms with Crippen LogP contribution in [0.15, 0.2) is 27.7 Å². The molecule has 0 radical (unpaired) electrons. The number of hydrogen-bond donors (Lipinski definition) is 1. The van der Waals surface area contributed by atoms with Crippen LogP contribution in [0.25, 0.3) is 0 Å². The molecule has 0 amide bonds. The number of benzene rings is 1. The van der Waals surface area contributed by atoms with Crippen LogP contribution in [0.5, 0.6) is 0 Å². The summed E-state index contributed by atoms with van der Waals surface area (Å²) in [7, 11) is 0. The molecule has 1 aliphatic heterocycles. The number of halogens is 1. The van der Waals surface area contributed by atoms with Crippen molar-refractivity contribution in [2.75, 3.05) is 0 Å². The van der Waals surface area contributed by atoms with Gasteiger partial charge < -0.3 is 5.73 Å². The molecule has 1 fully saturated rings. The summed E-state index contributed by atoms with van der Waals surface area (Å²) in [6, 6.07) is 6.29. The minimum Gasteiger partial charge on any atom is -0.387 e. The summed E-state index contributed by atoms with van der Waals surface area (Å²) in [6.07, 6.45) is 3.73. The number of aliphatic imine (C=N–C) groups is 1. The summed E-state index contributed by atoms with van der Waals surface area (Å²) in [4.78, 5) is 4.50. The van der Waals surface area contributed by atoms with Crippen molar-refractivity contribution in [2.45, 2.75) is 25.2 Å². The Balaban J connectivity index is 2.17. The molecule has 2 N–H and O–H groups in total. The van der Waals surface area contributed by atoms with E-state index < -0.39 is 0 Å². The maximum Gasteiger partial charge on any atom is 0.103 e. The van der Waals surface area contributed by atoms with Gasteiger partial charge in [0.1, 0.15) is 5.84 Å². The lowest BCUT2D eigenvalue weighted by Gasteiger charge is -2.26. The zero-order valence-electron chi connectivity index (χ0n) is 8.41. The molecule has 15 heavy (non-hydrogen) atoms. The van der Waals surface area contributed by atoms with Gasteiger partial charge in [-0.25, -0.2) is 4.99 Å². The molecule has 0 saturated heterocycles. The van der Waals surface area contributed by atoms with E-state index in [-0.39, 0.29) is 0 Å². The van der Waals surface area contributed by atoms with Gasteiger partial charge in [0.05, 0.1) is 5.69 Å². The van der Waals surface area contributed by atoms with Crippen molar-refractivity contribution in [3.05, 3.63) is 28.2 Å². The molecule has 3 rings (SSSR count). The summed E-state index contributed by atoms with van der Waals surface area (Å²) in [5, 5.41) is 0. The summed E-state index contributed by atoms with van der Waals surface area (Å²) in [5.74, 6) is 1.94. The number of nitrogens with zero attached hydrogens (tertiary/aromatic N) is 1. The highest BCUT2D eigenvalue weighted by atomic mass is 79.9. The lowest BCUT2D eigenvalue weighted by atomic mass is 9.85. The predicted octanol–water partition coefficient (Wildman–Crippen LogP) is 3.34. The maximum absolute atomic E-state index is 6.01. The van der Waals surface area contributed by atoms with Crippen LogP contribution in [0.2, 0.25) is 0 Å². The smallest absolute Gasteiger partial charge is 0.103 e. The summed E-state index contributed by atoms with van der Waals surface area (Å²) < 4.78 is 1.14. The molecule has 1 saturated carbocycles. The first-order valence-corrected chi connectivity index (χ1v) is 6.18. The Morgan fingerprint density at radius 3 is 2.93 bits per heavy atom. The third-order valence-electron chi connectivity index (χ3n) is 3.53. The second kappa shape index (κ2) is 3.34. The molecule has 2 atom stereocenters. The molecule has 2 unspecified atom stereocenters.